The number of aliphatic carboxylic acids is 2. The number of likely N-dealkylation sites (N-methyl/N-ethyl adjacent to an activating group) is 1. The first kappa shape index (κ1) is 110. The number of aliphatic imine (C=N–C) groups is 1. The van der Waals surface area contributed by atoms with Crippen LogP contribution in [0.5, 0.6) is 5.75 Å². The maximum atomic E-state index is 15.0. The number of phenolic OH excluding ortho intramolecular Hbond substituents is 1. The van der Waals surface area contributed by atoms with Crippen LogP contribution in [0.3, 0.4) is 0 Å². The van der Waals surface area contributed by atoms with E-state index in [1.165, 1.54) is 36.3 Å². The number of aromatic nitrogens is 1. The van der Waals surface area contributed by atoms with E-state index in [0.29, 0.717) is 69.3 Å². The van der Waals surface area contributed by atoms with Gasteiger partial charge in [-0.15, -0.1) is 11.3 Å². The van der Waals surface area contributed by atoms with Gasteiger partial charge in [-0.2, -0.15) is 26.3 Å². The number of phenols is 1. The third kappa shape index (κ3) is 39.8. The van der Waals surface area contributed by atoms with Crippen LogP contribution in [0.25, 0.3) is 0 Å². The summed E-state index contributed by atoms with van der Waals surface area (Å²) in [6.45, 7) is 13.5. The molecule has 9 amide bonds. The van der Waals surface area contributed by atoms with Gasteiger partial charge in [-0.1, -0.05) is 95.0 Å². The van der Waals surface area contributed by atoms with Crippen LogP contribution >= 0.6 is 32.9 Å². The van der Waals surface area contributed by atoms with E-state index in [9.17, 15) is 99.2 Å². The van der Waals surface area contributed by atoms with Gasteiger partial charge in [0.1, 0.15) is 47.2 Å². The molecule has 1 aromatic heterocycles. The highest BCUT2D eigenvalue weighted by Crippen LogP contribution is 2.38. The van der Waals surface area contributed by atoms with E-state index in [4.69, 9.17) is 39.9 Å². The number of nitrogens with zero attached hydrogens (tertiary/aromatic N) is 5. The van der Waals surface area contributed by atoms with E-state index in [1.807, 2.05) is 51.5 Å². The predicted molar refractivity (Wildman–Crippen MR) is 463 cm³/mol. The molecule has 12 atom stereocenters. The molecule has 722 valence electrons. The number of hydrazine groups is 1. The Labute approximate surface area is 756 Å². The monoisotopic (exact) mass is 1890 g/mol. The standard InChI is InChI=1S/C83H123F6N15O22S3/c1-10-17-70(111)125-47-104(78(117)71(49(6)11-2)99-76(116)63-19-13-14-28-102(63)9)64(48(4)5)42-66(126-51(8)105)77-98-60(45-127-77)75(115)94-56(39-52-21-23-57(106)24-22-52)36-50(7)72(112)100-101-81(120)123-34-35-128-129-46-61(79(118)119)97-74(114)59(41-69(109)110)96-73(113)58(18-15-26-93-80(90)91)95-67(107)25-30-121-32-33-122-31-27-92-68(108)43-103-29-16-20-65(62(103)12-3)124-44-53-37-54(82(84,85)86)40-55(38-53)83(87,88)89/h21-24,37-38,40,45,48-50,56,58-59,61-66,71,106H,10-20,25-36,39,41-44,46-47H2,1-9H3,(H,92,108)(H,94,115)(H,95,107)(H,96,113)(H,97,114)(H,99,116)(H,100,112)(H,101,120)(H,109,110)(H,118,119)(H4,90,91,93)/t49-,50-,56+,58?,59+,61-,62-,63+,64+,65-,66+,71?/m0/s1. The molecule has 46 heteroatoms. The van der Waals surface area contributed by atoms with Crippen LogP contribution < -0.4 is 54.2 Å². The number of carboxylic acids is 2. The SMILES string of the molecule is CCCC(=O)OCN(C(=O)C(NC(=O)[C@H]1CCCCN1C)[C@@H](C)CC)[C@H](C[C@@H](OC(C)=O)c1nc(C(=O)N[C@@H](Cc2ccc(O)cc2)C[C@H](C)C(=O)NNC(=O)OCCSSC[C@H](NC(=O)[C@@H](CC(=O)O)NC(=O)C(CCCN=C(N)N)NC(=O)CCOCCOCCNC(=O)CN2CCC[C@H](OCc3cc(C(F)(F)F)cc(C(F)(F)F)c3)[C@@H]2CC)C(=O)O)cs1)C(C)C. The van der Waals surface area contributed by atoms with Crippen molar-refractivity contribution in [2.75, 3.05) is 91.0 Å². The lowest BCUT2D eigenvalue weighted by Crippen LogP contribution is -2.59. The first-order chi connectivity index (χ1) is 61.0. The van der Waals surface area contributed by atoms with Crippen molar-refractivity contribution in [1.29, 1.82) is 0 Å². The number of nitrogens with two attached hydrogens (primary N) is 2. The van der Waals surface area contributed by atoms with Gasteiger partial charge in [0.15, 0.2) is 18.8 Å². The molecule has 0 radical (unpaired) electrons. The van der Waals surface area contributed by atoms with Gasteiger partial charge in [0.05, 0.1) is 69.3 Å². The third-order valence-corrected chi connectivity index (χ3v) is 24.4. The van der Waals surface area contributed by atoms with Crippen LogP contribution in [-0.4, -0.2) is 264 Å². The van der Waals surface area contributed by atoms with Gasteiger partial charge < -0.3 is 92.0 Å². The van der Waals surface area contributed by atoms with Crippen molar-refractivity contribution in [3.05, 3.63) is 80.8 Å². The van der Waals surface area contributed by atoms with Crippen molar-refractivity contribution < 1.29 is 132 Å². The fourth-order valence-corrected chi connectivity index (χ4v) is 17.0. The average molecular weight is 1890 g/mol. The zero-order chi connectivity index (χ0) is 95.7. The minimum absolute atomic E-state index is 0.0131. The van der Waals surface area contributed by atoms with E-state index in [-0.39, 0.29) is 173 Å². The van der Waals surface area contributed by atoms with Crippen LogP contribution in [0, 0.1) is 17.8 Å². The zero-order valence-corrected chi connectivity index (χ0v) is 76.3. The molecular weight excluding hydrogens is 1770 g/mol. The number of rotatable bonds is 55. The Morgan fingerprint density at radius 3 is 2.03 bits per heavy atom. The largest absolute Gasteiger partial charge is 0.508 e. The van der Waals surface area contributed by atoms with Crippen molar-refractivity contribution in [3.8, 4) is 5.75 Å². The summed E-state index contributed by atoms with van der Waals surface area (Å²) >= 11 is 1.01. The number of thiazole rings is 1. The van der Waals surface area contributed by atoms with Crippen molar-refractivity contribution in [2.24, 2.45) is 34.2 Å². The Morgan fingerprint density at radius 1 is 0.736 bits per heavy atom. The number of piperidine rings is 2. The maximum absolute atomic E-state index is 15.0. The third-order valence-electron chi connectivity index (χ3n) is 21.1. The number of likely N-dealkylation sites (tertiary alicyclic amines) is 2. The number of nitrogens with one attached hydrogen (secondary N) is 8. The van der Waals surface area contributed by atoms with Gasteiger partial charge in [-0.25, -0.2) is 20.0 Å². The topological polar surface area (TPSA) is 521 Å². The van der Waals surface area contributed by atoms with Gasteiger partial charge in [0.25, 0.3) is 5.91 Å². The number of carbonyl (C=O) groups excluding carboxylic acids is 11. The Kier molecular flexibility index (Phi) is 47.6. The molecule has 2 fully saturated rings. The summed E-state index contributed by atoms with van der Waals surface area (Å²) in [4.78, 5) is 187. The number of aromatic hydroxyl groups is 1. The normalized spacial score (nSPS) is 17.0. The lowest BCUT2D eigenvalue weighted by Gasteiger charge is -2.40. The summed E-state index contributed by atoms with van der Waals surface area (Å²) in [7, 11) is 3.78. The molecule has 0 spiro atoms. The molecule has 0 bridgehead atoms. The van der Waals surface area contributed by atoms with Gasteiger partial charge in [0.2, 0.25) is 41.4 Å². The molecule has 15 N–H and O–H groups in total. The summed E-state index contributed by atoms with van der Waals surface area (Å²) < 4.78 is 115. The number of esters is 2. The van der Waals surface area contributed by atoms with E-state index >= 15 is 4.79 Å². The molecular formula is C83H123F6N15O22S3. The molecule has 0 aliphatic carbocycles. The molecule has 2 aliphatic heterocycles. The second-order valence-electron chi connectivity index (χ2n) is 31.6. The lowest BCUT2D eigenvalue weighted by atomic mass is 9.92. The number of amides is 9. The number of ether oxygens (including phenoxy) is 6. The lowest BCUT2D eigenvalue weighted by molar-refractivity contribution is -0.160. The predicted octanol–water partition coefficient (Wildman–Crippen LogP) is 6.62. The second-order valence-corrected chi connectivity index (χ2v) is 35.1. The Hall–Kier alpha value is -9.87. The van der Waals surface area contributed by atoms with E-state index in [1.54, 1.807) is 19.1 Å². The quantitative estimate of drug-likeness (QED) is 0.00325. The van der Waals surface area contributed by atoms with Crippen molar-refractivity contribution in [1.82, 2.24) is 62.4 Å². The van der Waals surface area contributed by atoms with E-state index < -0.39 is 169 Å². The van der Waals surface area contributed by atoms with Crippen LogP contribution in [0.2, 0.25) is 0 Å². The fourth-order valence-electron chi connectivity index (χ4n) is 14.1. The number of benzene rings is 2. The van der Waals surface area contributed by atoms with E-state index in [0.717, 1.165) is 45.8 Å². The minimum Gasteiger partial charge on any atom is -0.508 e. The van der Waals surface area contributed by atoms with Crippen LogP contribution in [-0.2, 0) is 107 Å². The molecule has 3 heterocycles. The van der Waals surface area contributed by atoms with Gasteiger partial charge in [0, 0.05) is 80.2 Å². The maximum Gasteiger partial charge on any atom is 0.426 e. The molecule has 2 aliphatic rings. The molecule has 2 aromatic carbocycles. The summed E-state index contributed by atoms with van der Waals surface area (Å²) in [6.07, 6.45) is -9.34. The fraction of sp³-hybridized carbons (Fsp3) is 0.651. The molecule has 2 saturated heterocycles. The van der Waals surface area contributed by atoms with Crippen LogP contribution in [0.1, 0.15) is 196 Å². The first-order valence-corrected chi connectivity index (χ1v) is 46.0. The van der Waals surface area contributed by atoms with Crippen molar-refractivity contribution in [3.63, 3.8) is 0 Å². The summed E-state index contributed by atoms with van der Waals surface area (Å²) in [5.41, 5.74) is 12.7. The highest BCUT2D eigenvalue weighted by Gasteiger charge is 2.42. The van der Waals surface area contributed by atoms with Gasteiger partial charge >= 0.3 is 42.3 Å². The highest BCUT2D eigenvalue weighted by atomic mass is 33.1. The number of alkyl halides is 6. The smallest absolute Gasteiger partial charge is 0.426 e. The number of hydrogen-bond acceptors (Lipinski definition) is 27. The molecule has 129 heavy (non-hydrogen) atoms. The van der Waals surface area contributed by atoms with Crippen LogP contribution in [0.4, 0.5) is 31.1 Å². The minimum atomic E-state index is -5.02. The number of hydrogen-bond donors (Lipinski definition) is 13. The van der Waals surface area contributed by atoms with Crippen molar-refractivity contribution in [2.45, 2.75) is 238 Å². The number of carbonyl (C=O) groups is 13. The summed E-state index contributed by atoms with van der Waals surface area (Å²) in [5, 5.41) is 47.2. The van der Waals surface area contributed by atoms with Crippen LogP contribution in [0.15, 0.2) is 52.8 Å². The summed E-state index contributed by atoms with van der Waals surface area (Å²) in [5.74, 6) is -12.2. The highest BCUT2D eigenvalue weighted by molar-refractivity contribution is 8.76. The number of halogens is 6. The summed E-state index contributed by atoms with van der Waals surface area (Å²) in [6, 6.07) is -1.01. The number of carboxylic acid groups (broad SMARTS) is 2. The first-order valence-electron chi connectivity index (χ1n) is 42.6. The molecule has 0 saturated carbocycles. The second kappa shape index (κ2) is 56.0. The number of guanidine groups is 1. The van der Waals surface area contributed by atoms with Crippen molar-refractivity contribution >= 4 is 116 Å². The average Bonchev–Trinajstić information content (AvgIpc) is 1.71. The molecule has 5 rings (SSSR count). The zero-order valence-electron chi connectivity index (χ0n) is 73.8. The van der Waals surface area contributed by atoms with E-state index in [2.05, 4.69) is 52.7 Å². The Bertz CT molecular complexity index is 4140. The van der Waals surface area contributed by atoms with Gasteiger partial charge in [-0.05, 0) is 138 Å². The Morgan fingerprint density at radius 2 is 1.41 bits per heavy atom. The molecule has 37 nitrogen and oxygen atoms in total. The Balaban J connectivity index is 1.08. The molecule has 2 unspecified atom stereocenters. The van der Waals surface area contributed by atoms with Gasteiger partial charge in [-0.3, -0.25) is 73.0 Å². The molecule has 3 aromatic rings.